The van der Waals surface area contributed by atoms with E-state index in [1.54, 1.807) is 6.33 Å². The zero-order valence-electron chi connectivity index (χ0n) is 8.74. The van der Waals surface area contributed by atoms with Crippen LogP contribution in [-0.2, 0) is 13.0 Å². The molecule has 4 heteroatoms. The lowest BCUT2D eigenvalue weighted by Crippen LogP contribution is -2.21. The first-order chi connectivity index (χ1) is 6.90. The second kappa shape index (κ2) is 4.55. The van der Waals surface area contributed by atoms with Gasteiger partial charge in [-0.15, -0.1) is 0 Å². The van der Waals surface area contributed by atoms with Gasteiger partial charge in [0, 0.05) is 25.6 Å². The molecule has 0 spiro atoms. The molecular formula is C10H18N4. The molecule has 0 aliphatic heterocycles. The highest BCUT2D eigenvalue weighted by atomic mass is 15.3. The first-order valence-corrected chi connectivity index (χ1v) is 5.50. The van der Waals surface area contributed by atoms with Crippen LogP contribution < -0.4 is 5.32 Å². The zero-order chi connectivity index (χ0) is 9.80. The Morgan fingerprint density at radius 3 is 3.14 bits per heavy atom. The third-order valence-electron chi connectivity index (χ3n) is 2.49. The smallest absolute Gasteiger partial charge is 0.138 e. The highest BCUT2D eigenvalue weighted by Crippen LogP contribution is 2.18. The summed E-state index contributed by atoms with van der Waals surface area (Å²) in [6, 6.07) is 0.789. The highest BCUT2D eigenvalue weighted by molar-refractivity contribution is 4.88. The summed E-state index contributed by atoms with van der Waals surface area (Å²) in [5.41, 5.74) is 0. The van der Waals surface area contributed by atoms with Gasteiger partial charge in [0.2, 0.25) is 0 Å². The van der Waals surface area contributed by atoms with Gasteiger partial charge in [0.15, 0.2) is 0 Å². The molecule has 78 valence electrons. The van der Waals surface area contributed by atoms with Crippen LogP contribution in [0.4, 0.5) is 0 Å². The minimum atomic E-state index is 0.789. The van der Waals surface area contributed by atoms with Crippen LogP contribution in [0.15, 0.2) is 6.33 Å². The van der Waals surface area contributed by atoms with Gasteiger partial charge >= 0.3 is 0 Å². The second-order valence-electron chi connectivity index (χ2n) is 3.88. The van der Waals surface area contributed by atoms with Crippen LogP contribution in [0, 0.1) is 0 Å². The maximum absolute atomic E-state index is 4.26. The Hall–Kier alpha value is -0.900. The molecule has 0 atom stereocenters. The predicted molar refractivity (Wildman–Crippen MR) is 55.0 cm³/mol. The molecule has 0 amide bonds. The monoisotopic (exact) mass is 194 g/mol. The van der Waals surface area contributed by atoms with E-state index in [1.807, 2.05) is 4.68 Å². The molecule has 1 heterocycles. The number of hydrogen-bond donors (Lipinski definition) is 1. The van der Waals surface area contributed by atoms with Crippen LogP contribution in [-0.4, -0.2) is 27.4 Å². The summed E-state index contributed by atoms with van der Waals surface area (Å²) in [6.07, 6.45) is 6.47. The van der Waals surface area contributed by atoms with Gasteiger partial charge in [-0.3, -0.25) is 4.68 Å². The quantitative estimate of drug-likeness (QED) is 0.734. The zero-order valence-corrected chi connectivity index (χ0v) is 8.74. The first-order valence-electron chi connectivity index (χ1n) is 5.50. The van der Waals surface area contributed by atoms with Gasteiger partial charge in [0.1, 0.15) is 12.2 Å². The van der Waals surface area contributed by atoms with Crippen molar-refractivity contribution in [3.8, 4) is 0 Å². The lowest BCUT2D eigenvalue weighted by Gasteiger charge is -2.04. The maximum Gasteiger partial charge on any atom is 0.138 e. The Morgan fingerprint density at radius 2 is 2.43 bits per heavy atom. The number of hydrogen-bond acceptors (Lipinski definition) is 3. The topological polar surface area (TPSA) is 42.7 Å². The molecule has 0 aromatic carbocycles. The van der Waals surface area contributed by atoms with E-state index in [2.05, 4.69) is 22.3 Å². The Bertz CT molecular complexity index is 277. The van der Waals surface area contributed by atoms with Gasteiger partial charge in [-0.05, 0) is 19.3 Å². The average Bonchev–Trinajstić information content (AvgIpc) is 2.89. The number of nitrogens with one attached hydrogen (secondary N) is 1. The van der Waals surface area contributed by atoms with Gasteiger partial charge < -0.3 is 5.32 Å². The average molecular weight is 194 g/mol. The summed E-state index contributed by atoms with van der Waals surface area (Å²) in [4.78, 5) is 4.26. The predicted octanol–water partition coefficient (Wildman–Crippen LogP) is 0.983. The van der Waals surface area contributed by atoms with Gasteiger partial charge in [0.05, 0.1) is 0 Å². The minimum absolute atomic E-state index is 0.789. The van der Waals surface area contributed by atoms with Gasteiger partial charge in [-0.25, -0.2) is 4.98 Å². The fraction of sp³-hybridized carbons (Fsp3) is 0.800. The van der Waals surface area contributed by atoms with E-state index in [-0.39, 0.29) is 0 Å². The van der Waals surface area contributed by atoms with E-state index in [9.17, 15) is 0 Å². The van der Waals surface area contributed by atoms with Crippen LogP contribution in [0.3, 0.4) is 0 Å². The van der Waals surface area contributed by atoms with E-state index in [1.165, 1.54) is 12.8 Å². The third kappa shape index (κ3) is 2.54. The highest BCUT2D eigenvalue weighted by Gasteiger charge is 2.19. The molecule has 0 saturated heterocycles. The fourth-order valence-electron chi connectivity index (χ4n) is 1.56. The molecule has 1 saturated carbocycles. The largest absolute Gasteiger partial charge is 0.314 e. The summed E-state index contributed by atoms with van der Waals surface area (Å²) >= 11 is 0. The van der Waals surface area contributed by atoms with Crippen molar-refractivity contribution in [1.29, 1.82) is 0 Å². The molecule has 4 nitrogen and oxygen atoms in total. The van der Waals surface area contributed by atoms with E-state index in [0.717, 1.165) is 37.8 Å². The molecule has 1 aliphatic carbocycles. The molecule has 0 bridgehead atoms. The molecule has 0 radical (unpaired) electrons. The number of aromatic nitrogens is 3. The van der Waals surface area contributed by atoms with Gasteiger partial charge in [0.25, 0.3) is 0 Å². The lowest BCUT2D eigenvalue weighted by atomic mass is 10.4. The van der Waals surface area contributed by atoms with Crippen molar-refractivity contribution >= 4 is 0 Å². The second-order valence-corrected chi connectivity index (χ2v) is 3.88. The van der Waals surface area contributed by atoms with Gasteiger partial charge in [-0.1, -0.05) is 6.92 Å². The van der Waals surface area contributed by atoms with Crippen molar-refractivity contribution in [2.75, 3.05) is 6.54 Å². The summed E-state index contributed by atoms with van der Waals surface area (Å²) < 4.78 is 2.01. The molecular weight excluding hydrogens is 176 g/mol. The molecule has 1 aliphatic rings. The van der Waals surface area contributed by atoms with Crippen molar-refractivity contribution in [2.24, 2.45) is 0 Å². The third-order valence-corrected chi connectivity index (χ3v) is 2.49. The lowest BCUT2D eigenvalue weighted by molar-refractivity contribution is 0.555. The molecule has 1 aromatic heterocycles. The molecule has 1 fully saturated rings. The van der Waals surface area contributed by atoms with Crippen molar-refractivity contribution in [3.63, 3.8) is 0 Å². The molecule has 1 aromatic rings. The van der Waals surface area contributed by atoms with E-state index in [0.29, 0.717) is 0 Å². The summed E-state index contributed by atoms with van der Waals surface area (Å²) in [5.74, 6) is 1.11. The fourth-order valence-corrected chi connectivity index (χ4v) is 1.56. The van der Waals surface area contributed by atoms with Crippen LogP contribution >= 0.6 is 0 Å². The molecule has 2 rings (SSSR count). The summed E-state index contributed by atoms with van der Waals surface area (Å²) in [7, 11) is 0. The van der Waals surface area contributed by atoms with Crippen LogP contribution in [0.5, 0.6) is 0 Å². The van der Waals surface area contributed by atoms with Gasteiger partial charge in [-0.2, -0.15) is 5.10 Å². The van der Waals surface area contributed by atoms with Crippen LogP contribution in [0.1, 0.15) is 32.0 Å². The van der Waals surface area contributed by atoms with Crippen molar-refractivity contribution in [2.45, 2.75) is 45.2 Å². The van der Waals surface area contributed by atoms with E-state index < -0.39 is 0 Å². The Balaban J connectivity index is 1.78. The minimum Gasteiger partial charge on any atom is -0.314 e. The Labute approximate surface area is 84.7 Å². The standard InChI is InChI=1S/C10H18N4/c1-2-7-14-10(12-8-13-14)5-6-11-9-3-4-9/h8-9,11H,2-7H2,1H3. The number of rotatable bonds is 6. The molecule has 0 unspecified atom stereocenters. The van der Waals surface area contributed by atoms with Crippen molar-refractivity contribution < 1.29 is 0 Å². The van der Waals surface area contributed by atoms with Crippen molar-refractivity contribution in [3.05, 3.63) is 12.2 Å². The number of aryl methyl sites for hydroxylation is 1. The normalized spacial score (nSPS) is 16.1. The van der Waals surface area contributed by atoms with E-state index in [4.69, 9.17) is 0 Å². The summed E-state index contributed by atoms with van der Waals surface area (Å²) in [5, 5.41) is 7.68. The van der Waals surface area contributed by atoms with E-state index >= 15 is 0 Å². The first kappa shape index (κ1) is 9.65. The molecule has 14 heavy (non-hydrogen) atoms. The Kier molecular flexibility index (Phi) is 3.14. The van der Waals surface area contributed by atoms with Crippen LogP contribution in [0.2, 0.25) is 0 Å². The maximum atomic E-state index is 4.26. The van der Waals surface area contributed by atoms with Crippen molar-refractivity contribution in [1.82, 2.24) is 20.1 Å². The summed E-state index contributed by atoms with van der Waals surface area (Å²) in [6.45, 7) is 4.18. The van der Waals surface area contributed by atoms with Crippen LogP contribution in [0.25, 0.3) is 0 Å². The SMILES string of the molecule is CCCn1ncnc1CCNC1CC1. The number of nitrogens with zero attached hydrogens (tertiary/aromatic N) is 3. The molecule has 1 N–H and O–H groups in total. The Morgan fingerprint density at radius 1 is 1.57 bits per heavy atom.